The Bertz CT molecular complexity index is 1410. The first-order chi connectivity index (χ1) is 26.0. The van der Waals surface area contributed by atoms with Crippen LogP contribution in [-0.2, 0) is 23.7 Å². The van der Waals surface area contributed by atoms with Crippen molar-refractivity contribution >= 4 is 0 Å². The van der Waals surface area contributed by atoms with Crippen molar-refractivity contribution in [2.75, 3.05) is 13.2 Å². The number of hydrogen-bond donors (Lipinski definition) is 9. The van der Waals surface area contributed by atoms with Gasteiger partial charge in [-0.25, -0.2) is 0 Å². The van der Waals surface area contributed by atoms with E-state index in [0.29, 0.717) is 25.2 Å². The molecule has 0 aromatic carbocycles. The van der Waals surface area contributed by atoms with Crippen molar-refractivity contribution in [3.8, 4) is 0 Å². The summed E-state index contributed by atoms with van der Waals surface area (Å²) in [4.78, 5) is 0. The van der Waals surface area contributed by atoms with E-state index in [-0.39, 0.29) is 45.5 Å². The third-order valence-corrected chi connectivity index (χ3v) is 17.6. The lowest BCUT2D eigenvalue weighted by atomic mass is 9.35. The molecule has 7 fully saturated rings. The van der Waals surface area contributed by atoms with Gasteiger partial charge in [0.05, 0.1) is 42.7 Å². The van der Waals surface area contributed by atoms with Gasteiger partial charge in [0.2, 0.25) is 0 Å². The van der Waals surface area contributed by atoms with Gasteiger partial charge < -0.3 is 69.6 Å². The average molecular weight is 801 g/mol. The van der Waals surface area contributed by atoms with E-state index in [1.165, 1.54) is 0 Å². The number of ether oxygens (including phenoxy) is 5. The summed E-state index contributed by atoms with van der Waals surface area (Å²) in [6.07, 6.45) is -7.81. The van der Waals surface area contributed by atoms with Crippen molar-refractivity contribution in [3.05, 3.63) is 0 Å². The van der Waals surface area contributed by atoms with Gasteiger partial charge in [0, 0.05) is 0 Å². The Kier molecular flexibility index (Phi) is 11.5. The maximum atomic E-state index is 11.3. The van der Waals surface area contributed by atoms with Crippen LogP contribution in [0, 0.1) is 45.3 Å². The summed E-state index contributed by atoms with van der Waals surface area (Å²) in [5.74, 6) is 0.454. The zero-order valence-electron chi connectivity index (χ0n) is 34.7. The molecular formula is C42H72O14. The molecule has 3 aliphatic heterocycles. The standard InChI is InChI=1S/C42H72O14/c1-37(2)24-10-15-40(6)25(39(24,5)13-11-26(37)45)17-21(52-35-33(50)31(48)29(46)22(18-43)53-35)28-20(9-14-41(28,40)7)42(8)16-12-27(55-42)38(3,4)56-36-34(51)32(49)30(47)23(19-44)54-36/h20-36,43-51H,9-19H2,1-8H3/t20-,21+,22+,23+,24-,25+,26+,27+,28-,29+,30+,31-,32-,33+,34+,35+,36-,39-,40+,41+,42-/m0/s1. The van der Waals surface area contributed by atoms with Crippen LogP contribution in [-0.4, -0.2) is 150 Å². The molecule has 21 atom stereocenters. The Morgan fingerprint density at radius 1 is 0.625 bits per heavy atom. The van der Waals surface area contributed by atoms with Crippen molar-refractivity contribution in [1.82, 2.24) is 0 Å². The molecule has 0 spiro atoms. The van der Waals surface area contributed by atoms with Gasteiger partial charge in [-0.1, -0.05) is 34.6 Å². The second-order valence-corrected chi connectivity index (χ2v) is 21.0. The molecule has 7 rings (SSSR count). The van der Waals surface area contributed by atoms with Crippen LogP contribution in [0.4, 0.5) is 0 Å². The third-order valence-electron chi connectivity index (χ3n) is 17.6. The lowest BCUT2D eigenvalue weighted by molar-refractivity contribution is -0.339. The molecule has 0 unspecified atom stereocenters. The Balaban J connectivity index is 1.20. The summed E-state index contributed by atoms with van der Waals surface area (Å²) in [6, 6.07) is 0. The first-order valence-corrected chi connectivity index (χ1v) is 21.3. The van der Waals surface area contributed by atoms with Crippen LogP contribution in [0.1, 0.15) is 113 Å². The fourth-order valence-electron chi connectivity index (χ4n) is 14.1. The Hall–Kier alpha value is -0.560. The first kappa shape index (κ1) is 43.5. The fraction of sp³-hybridized carbons (Fsp3) is 1.00. The largest absolute Gasteiger partial charge is 0.394 e. The van der Waals surface area contributed by atoms with Crippen LogP contribution in [0.25, 0.3) is 0 Å². The molecule has 3 heterocycles. The molecule has 4 saturated carbocycles. The minimum atomic E-state index is -1.56. The average Bonchev–Trinajstić information content (AvgIpc) is 3.74. The number of hydrogen-bond acceptors (Lipinski definition) is 14. The van der Waals surface area contributed by atoms with Gasteiger partial charge in [-0.05, 0) is 124 Å². The molecule has 14 nitrogen and oxygen atoms in total. The van der Waals surface area contributed by atoms with Gasteiger partial charge in [-0.15, -0.1) is 0 Å². The minimum absolute atomic E-state index is 0.00312. The van der Waals surface area contributed by atoms with Crippen molar-refractivity contribution < 1.29 is 69.6 Å². The van der Waals surface area contributed by atoms with Crippen LogP contribution in [0.5, 0.6) is 0 Å². The van der Waals surface area contributed by atoms with E-state index in [0.717, 1.165) is 38.5 Å². The van der Waals surface area contributed by atoms with Crippen LogP contribution < -0.4 is 0 Å². The topological polar surface area (TPSA) is 228 Å². The van der Waals surface area contributed by atoms with Crippen molar-refractivity contribution in [2.24, 2.45) is 45.3 Å². The normalized spacial score (nSPS) is 56.0. The number of aliphatic hydroxyl groups is 9. The molecule has 0 aromatic heterocycles. The third kappa shape index (κ3) is 6.49. The lowest BCUT2D eigenvalue weighted by Crippen LogP contribution is -2.68. The Labute approximate surface area is 331 Å². The van der Waals surface area contributed by atoms with Crippen LogP contribution in [0.2, 0.25) is 0 Å². The van der Waals surface area contributed by atoms with E-state index in [1.807, 2.05) is 13.8 Å². The smallest absolute Gasteiger partial charge is 0.187 e. The van der Waals surface area contributed by atoms with Gasteiger partial charge in [-0.3, -0.25) is 0 Å². The minimum Gasteiger partial charge on any atom is -0.394 e. The molecule has 14 heteroatoms. The van der Waals surface area contributed by atoms with Crippen molar-refractivity contribution in [3.63, 3.8) is 0 Å². The van der Waals surface area contributed by atoms with E-state index in [2.05, 4.69) is 41.5 Å². The van der Waals surface area contributed by atoms with Crippen molar-refractivity contribution in [1.29, 1.82) is 0 Å². The van der Waals surface area contributed by atoms with E-state index in [9.17, 15) is 46.0 Å². The predicted molar refractivity (Wildman–Crippen MR) is 200 cm³/mol. The van der Waals surface area contributed by atoms with Gasteiger partial charge in [0.15, 0.2) is 12.6 Å². The number of rotatable bonds is 8. The van der Waals surface area contributed by atoms with Gasteiger partial charge in [-0.2, -0.15) is 0 Å². The summed E-state index contributed by atoms with van der Waals surface area (Å²) in [5.41, 5.74) is -2.33. The molecule has 3 saturated heterocycles. The zero-order chi connectivity index (χ0) is 41.1. The molecule has 0 radical (unpaired) electrons. The second-order valence-electron chi connectivity index (χ2n) is 21.0. The molecule has 0 aromatic rings. The highest BCUT2D eigenvalue weighted by atomic mass is 16.7. The van der Waals surface area contributed by atoms with Crippen LogP contribution >= 0.6 is 0 Å². The summed E-state index contributed by atoms with van der Waals surface area (Å²) in [6.45, 7) is 16.4. The molecule has 56 heavy (non-hydrogen) atoms. The summed E-state index contributed by atoms with van der Waals surface area (Å²) in [5, 5.41) is 95.3. The maximum Gasteiger partial charge on any atom is 0.187 e. The van der Waals surface area contributed by atoms with Crippen LogP contribution in [0.3, 0.4) is 0 Å². The SMILES string of the molecule is CC(C)(O[C@@H]1O[C@H](CO)[C@@H](O)[C@H](O)[C@H]1O)[C@H]1CC[C@@](C)([C@H]2CC[C@]3(C)[C@@H]2[C@H](O[C@@H]2O[C@H](CO)[C@@H](O)[C@H](O)[C@H]2O)C[C@@H]2[C@@]4(C)CC[C@@H](O)C(C)(C)[C@@H]4CC[C@]23C)O1. The lowest BCUT2D eigenvalue weighted by Gasteiger charge is -2.71. The highest BCUT2D eigenvalue weighted by molar-refractivity contribution is 5.21. The van der Waals surface area contributed by atoms with E-state index < -0.39 is 98.0 Å². The van der Waals surface area contributed by atoms with E-state index in [1.54, 1.807) is 0 Å². The maximum absolute atomic E-state index is 11.3. The number of aliphatic hydroxyl groups excluding tert-OH is 9. The quantitative estimate of drug-likeness (QED) is 0.158. The molecule has 7 aliphatic rings. The second kappa shape index (κ2) is 14.8. The summed E-state index contributed by atoms with van der Waals surface area (Å²) >= 11 is 0. The molecular weight excluding hydrogens is 728 g/mol. The van der Waals surface area contributed by atoms with E-state index >= 15 is 0 Å². The predicted octanol–water partition coefficient (Wildman–Crippen LogP) is 1.36. The fourth-order valence-corrected chi connectivity index (χ4v) is 14.1. The Morgan fingerprint density at radius 2 is 1.20 bits per heavy atom. The molecule has 324 valence electrons. The summed E-state index contributed by atoms with van der Waals surface area (Å²) < 4.78 is 32.1. The summed E-state index contributed by atoms with van der Waals surface area (Å²) in [7, 11) is 0. The molecule has 0 amide bonds. The first-order valence-electron chi connectivity index (χ1n) is 21.3. The van der Waals surface area contributed by atoms with Crippen LogP contribution in [0.15, 0.2) is 0 Å². The van der Waals surface area contributed by atoms with Gasteiger partial charge >= 0.3 is 0 Å². The number of fused-ring (bicyclic) bond motifs is 5. The molecule has 9 N–H and O–H groups in total. The Morgan fingerprint density at radius 3 is 1.80 bits per heavy atom. The highest BCUT2D eigenvalue weighted by Crippen LogP contribution is 2.76. The highest BCUT2D eigenvalue weighted by Gasteiger charge is 2.72. The molecule has 0 bridgehead atoms. The van der Waals surface area contributed by atoms with Gasteiger partial charge in [0.1, 0.15) is 48.8 Å². The zero-order valence-corrected chi connectivity index (χ0v) is 34.7. The monoisotopic (exact) mass is 800 g/mol. The van der Waals surface area contributed by atoms with Gasteiger partial charge in [0.25, 0.3) is 0 Å². The molecule has 4 aliphatic carbocycles. The van der Waals surface area contributed by atoms with Crippen molar-refractivity contribution in [2.45, 2.75) is 204 Å². The van der Waals surface area contributed by atoms with E-state index in [4.69, 9.17) is 23.7 Å².